The first kappa shape index (κ1) is 13.2. The number of Topliss-reactive ketones (excluding diaryl/α,β-unsaturated/α-hetero) is 1. The first-order chi connectivity index (χ1) is 7.60. The molecule has 0 aliphatic heterocycles. The van der Waals surface area contributed by atoms with Crippen molar-refractivity contribution in [1.82, 2.24) is 0 Å². The molecule has 0 amide bonds. The van der Waals surface area contributed by atoms with Crippen molar-refractivity contribution >= 4 is 21.7 Å². The van der Waals surface area contributed by atoms with Gasteiger partial charge in [-0.15, -0.1) is 0 Å². The van der Waals surface area contributed by atoms with Crippen molar-refractivity contribution in [3.8, 4) is 5.75 Å². The van der Waals surface area contributed by atoms with Crippen LogP contribution >= 0.6 is 15.9 Å². The van der Waals surface area contributed by atoms with Gasteiger partial charge in [0.15, 0.2) is 5.78 Å². The lowest BCUT2D eigenvalue weighted by Gasteiger charge is -2.12. The first-order valence-electron chi connectivity index (χ1n) is 5.18. The second-order valence-corrected chi connectivity index (χ2v) is 4.60. The van der Waals surface area contributed by atoms with Gasteiger partial charge in [-0.25, -0.2) is 0 Å². The van der Waals surface area contributed by atoms with E-state index in [-0.39, 0.29) is 11.7 Å². The predicted molar refractivity (Wildman–Crippen MR) is 67.9 cm³/mol. The van der Waals surface area contributed by atoms with Crippen molar-refractivity contribution in [1.29, 1.82) is 0 Å². The minimum absolute atomic E-state index is 0.0728. The molecule has 2 N–H and O–H groups in total. The van der Waals surface area contributed by atoms with E-state index >= 15 is 0 Å². The quantitative estimate of drug-likeness (QED) is 0.846. The zero-order valence-electron chi connectivity index (χ0n) is 9.50. The van der Waals surface area contributed by atoms with Crippen LogP contribution in [0.25, 0.3) is 0 Å². The van der Waals surface area contributed by atoms with Crippen LogP contribution in [-0.2, 0) is 0 Å². The summed E-state index contributed by atoms with van der Waals surface area (Å²) < 4.78 is 6.05. The van der Waals surface area contributed by atoms with Crippen LogP contribution in [-0.4, -0.2) is 19.4 Å². The van der Waals surface area contributed by atoms with Gasteiger partial charge in [0.25, 0.3) is 0 Å². The number of halogens is 1. The van der Waals surface area contributed by atoms with Crippen LogP contribution < -0.4 is 10.5 Å². The smallest absolute Gasteiger partial charge is 0.169 e. The van der Waals surface area contributed by atoms with E-state index in [0.717, 1.165) is 4.47 Å². The van der Waals surface area contributed by atoms with Gasteiger partial charge in [-0.3, -0.25) is 4.79 Å². The van der Waals surface area contributed by atoms with E-state index in [0.29, 0.717) is 24.3 Å². The van der Waals surface area contributed by atoms with Crippen molar-refractivity contribution in [2.45, 2.75) is 13.3 Å². The van der Waals surface area contributed by atoms with Gasteiger partial charge in [0.1, 0.15) is 5.75 Å². The van der Waals surface area contributed by atoms with E-state index in [1.807, 2.05) is 13.0 Å². The lowest BCUT2D eigenvalue weighted by molar-refractivity contribution is 0.0922. The first-order valence-corrected chi connectivity index (χ1v) is 5.97. The summed E-state index contributed by atoms with van der Waals surface area (Å²) in [4.78, 5) is 12.1. The maximum Gasteiger partial charge on any atom is 0.169 e. The Bertz CT molecular complexity index is 379. The highest BCUT2D eigenvalue weighted by atomic mass is 79.9. The molecule has 0 radical (unpaired) electrons. The molecule has 1 unspecified atom stereocenters. The Hall–Kier alpha value is -0.870. The van der Waals surface area contributed by atoms with Gasteiger partial charge in [0.2, 0.25) is 0 Å². The number of rotatable bonds is 5. The highest BCUT2D eigenvalue weighted by Gasteiger charge is 2.18. The summed E-state index contributed by atoms with van der Waals surface area (Å²) in [6.07, 6.45) is 0.689. The lowest BCUT2D eigenvalue weighted by atomic mass is 9.96. The van der Waals surface area contributed by atoms with Crippen LogP contribution in [0.4, 0.5) is 0 Å². The fourth-order valence-electron chi connectivity index (χ4n) is 1.52. The lowest BCUT2D eigenvalue weighted by Crippen LogP contribution is -2.16. The van der Waals surface area contributed by atoms with Crippen molar-refractivity contribution < 1.29 is 9.53 Å². The SMILES string of the molecule is COc1ccc(Br)cc1C(=O)C(C)CCN. The van der Waals surface area contributed by atoms with Gasteiger partial charge in [-0.1, -0.05) is 22.9 Å². The van der Waals surface area contributed by atoms with Gasteiger partial charge in [0, 0.05) is 10.4 Å². The molecule has 1 aromatic rings. The zero-order chi connectivity index (χ0) is 12.1. The number of nitrogens with two attached hydrogens (primary N) is 1. The number of hydrogen-bond acceptors (Lipinski definition) is 3. The van der Waals surface area contributed by atoms with Gasteiger partial charge in [-0.2, -0.15) is 0 Å². The van der Waals surface area contributed by atoms with Gasteiger partial charge in [0.05, 0.1) is 12.7 Å². The van der Waals surface area contributed by atoms with Crippen LogP contribution in [0.1, 0.15) is 23.7 Å². The summed E-state index contributed by atoms with van der Waals surface area (Å²) >= 11 is 3.35. The van der Waals surface area contributed by atoms with Gasteiger partial charge >= 0.3 is 0 Å². The Morgan fingerprint density at radius 1 is 1.56 bits per heavy atom. The number of ether oxygens (including phenoxy) is 1. The molecule has 0 fully saturated rings. The average Bonchev–Trinajstić information content (AvgIpc) is 2.28. The Kier molecular flexibility index (Phi) is 4.96. The average molecular weight is 286 g/mol. The highest BCUT2D eigenvalue weighted by molar-refractivity contribution is 9.10. The number of carbonyl (C=O) groups is 1. The fourth-order valence-corrected chi connectivity index (χ4v) is 1.88. The second-order valence-electron chi connectivity index (χ2n) is 3.69. The Morgan fingerprint density at radius 3 is 2.81 bits per heavy atom. The van der Waals surface area contributed by atoms with E-state index in [2.05, 4.69) is 15.9 Å². The summed E-state index contributed by atoms with van der Waals surface area (Å²) in [5, 5.41) is 0. The molecule has 88 valence electrons. The standard InChI is InChI=1S/C12H16BrNO2/c1-8(5-6-14)12(15)10-7-9(13)3-4-11(10)16-2/h3-4,7-8H,5-6,14H2,1-2H3. The van der Waals surface area contributed by atoms with E-state index < -0.39 is 0 Å². The molecule has 0 spiro atoms. The van der Waals surface area contributed by atoms with E-state index in [9.17, 15) is 4.79 Å². The maximum absolute atomic E-state index is 12.1. The Balaban J connectivity index is 3.01. The number of carbonyl (C=O) groups excluding carboxylic acids is 1. The van der Waals surface area contributed by atoms with Crippen molar-refractivity contribution in [3.05, 3.63) is 28.2 Å². The summed E-state index contributed by atoms with van der Waals surface area (Å²) in [7, 11) is 1.56. The third-order valence-electron chi connectivity index (χ3n) is 2.47. The molecule has 4 heteroatoms. The molecule has 0 aromatic heterocycles. The molecule has 1 atom stereocenters. The largest absolute Gasteiger partial charge is 0.496 e. The minimum Gasteiger partial charge on any atom is -0.496 e. The van der Waals surface area contributed by atoms with Crippen LogP contribution in [0.3, 0.4) is 0 Å². The number of methoxy groups -OCH3 is 1. The van der Waals surface area contributed by atoms with Crippen LogP contribution in [0.15, 0.2) is 22.7 Å². The molecule has 3 nitrogen and oxygen atoms in total. The second kappa shape index (κ2) is 6.01. The highest BCUT2D eigenvalue weighted by Crippen LogP contribution is 2.26. The normalized spacial score (nSPS) is 12.2. The molecule has 0 aliphatic rings. The molecule has 1 aromatic carbocycles. The fraction of sp³-hybridized carbons (Fsp3) is 0.417. The summed E-state index contributed by atoms with van der Waals surface area (Å²) in [5.41, 5.74) is 6.06. The third kappa shape index (κ3) is 3.06. The van der Waals surface area contributed by atoms with Crippen molar-refractivity contribution in [3.63, 3.8) is 0 Å². The molecule has 0 saturated carbocycles. The van der Waals surface area contributed by atoms with E-state index in [1.165, 1.54) is 0 Å². The van der Waals surface area contributed by atoms with Crippen LogP contribution in [0, 0.1) is 5.92 Å². The predicted octanol–water partition coefficient (Wildman–Crippen LogP) is 2.63. The van der Waals surface area contributed by atoms with Crippen molar-refractivity contribution in [2.75, 3.05) is 13.7 Å². The molecular weight excluding hydrogens is 270 g/mol. The molecule has 16 heavy (non-hydrogen) atoms. The molecular formula is C12H16BrNO2. The van der Waals surface area contributed by atoms with Crippen LogP contribution in [0.5, 0.6) is 5.75 Å². The minimum atomic E-state index is -0.0757. The van der Waals surface area contributed by atoms with Gasteiger partial charge in [-0.05, 0) is 31.2 Å². The third-order valence-corrected chi connectivity index (χ3v) is 2.97. The summed E-state index contributed by atoms with van der Waals surface area (Å²) in [6, 6.07) is 5.42. The molecule has 0 bridgehead atoms. The molecule has 0 heterocycles. The zero-order valence-corrected chi connectivity index (χ0v) is 11.1. The summed E-state index contributed by atoms with van der Waals surface area (Å²) in [5.74, 6) is 0.605. The monoisotopic (exact) mass is 285 g/mol. The Labute approximate surface area is 104 Å². The molecule has 0 aliphatic carbocycles. The number of benzene rings is 1. The maximum atomic E-state index is 12.1. The van der Waals surface area contributed by atoms with E-state index in [1.54, 1.807) is 19.2 Å². The Morgan fingerprint density at radius 2 is 2.25 bits per heavy atom. The molecule has 0 saturated heterocycles. The topological polar surface area (TPSA) is 52.3 Å². The number of hydrogen-bond donors (Lipinski definition) is 1. The number of ketones is 1. The van der Waals surface area contributed by atoms with E-state index in [4.69, 9.17) is 10.5 Å². The molecule has 1 rings (SSSR count). The van der Waals surface area contributed by atoms with Gasteiger partial charge < -0.3 is 10.5 Å². The van der Waals surface area contributed by atoms with Crippen molar-refractivity contribution in [2.24, 2.45) is 11.7 Å². The van der Waals surface area contributed by atoms with Crippen LogP contribution in [0.2, 0.25) is 0 Å². The summed E-state index contributed by atoms with van der Waals surface area (Å²) in [6.45, 7) is 2.40.